The van der Waals surface area contributed by atoms with Gasteiger partial charge in [-0.25, -0.2) is 8.42 Å². The van der Waals surface area contributed by atoms with Gasteiger partial charge in [0.2, 0.25) is 0 Å². The first-order valence-electron chi connectivity index (χ1n) is 5.33. The number of hydrogen-bond donors (Lipinski definition) is 1. The van der Waals surface area contributed by atoms with Crippen molar-refractivity contribution in [1.82, 2.24) is 4.72 Å². The standard InChI is InChI=1S/C11H16N2O2S2/c1-8(2)6-10(7-12)13-17(14,15)11-5-4-9(3)16-11/h4-5,8,10,13H,6H2,1-3H3. The molecule has 0 bridgehead atoms. The topological polar surface area (TPSA) is 70.0 Å². The summed E-state index contributed by atoms with van der Waals surface area (Å²) in [5.74, 6) is 0.271. The van der Waals surface area contributed by atoms with Gasteiger partial charge in [0.25, 0.3) is 10.0 Å². The lowest BCUT2D eigenvalue weighted by Crippen LogP contribution is -2.34. The van der Waals surface area contributed by atoms with Crippen molar-refractivity contribution in [2.45, 2.75) is 37.4 Å². The van der Waals surface area contributed by atoms with Crippen LogP contribution in [0.3, 0.4) is 0 Å². The van der Waals surface area contributed by atoms with Crippen molar-refractivity contribution in [2.75, 3.05) is 0 Å². The fraction of sp³-hybridized carbons (Fsp3) is 0.545. The normalized spacial score (nSPS) is 13.6. The molecule has 4 nitrogen and oxygen atoms in total. The van der Waals surface area contributed by atoms with Crippen molar-refractivity contribution < 1.29 is 8.42 Å². The Balaban J connectivity index is 2.83. The highest BCUT2D eigenvalue weighted by Gasteiger charge is 2.21. The van der Waals surface area contributed by atoms with E-state index in [1.54, 1.807) is 12.1 Å². The SMILES string of the molecule is Cc1ccc(S(=O)(=O)NC(C#N)CC(C)C)s1. The predicted molar refractivity (Wildman–Crippen MR) is 68.2 cm³/mol. The Labute approximate surface area is 106 Å². The lowest BCUT2D eigenvalue weighted by atomic mass is 10.1. The third kappa shape index (κ3) is 4.11. The van der Waals surface area contributed by atoms with Gasteiger partial charge in [0.05, 0.1) is 6.07 Å². The number of sulfonamides is 1. The smallest absolute Gasteiger partial charge is 0.206 e. The van der Waals surface area contributed by atoms with E-state index in [1.807, 2.05) is 26.8 Å². The van der Waals surface area contributed by atoms with Gasteiger partial charge in [0.15, 0.2) is 0 Å². The number of aryl methyl sites for hydroxylation is 1. The summed E-state index contributed by atoms with van der Waals surface area (Å²) in [4.78, 5) is 0.933. The van der Waals surface area contributed by atoms with Crippen LogP contribution in [0.15, 0.2) is 16.3 Å². The Morgan fingerprint density at radius 2 is 2.12 bits per heavy atom. The minimum Gasteiger partial charge on any atom is -0.206 e. The summed E-state index contributed by atoms with van der Waals surface area (Å²) in [5.41, 5.74) is 0. The molecule has 0 saturated heterocycles. The van der Waals surface area contributed by atoms with Crippen LogP contribution in [0.1, 0.15) is 25.1 Å². The molecular weight excluding hydrogens is 256 g/mol. The van der Waals surface area contributed by atoms with Crippen LogP contribution >= 0.6 is 11.3 Å². The Hall–Kier alpha value is -0.900. The van der Waals surface area contributed by atoms with Gasteiger partial charge in [-0.3, -0.25) is 0 Å². The summed E-state index contributed by atoms with van der Waals surface area (Å²) in [6.45, 7) is 5.75. The zero-order valence-electron chi connectivity index (χ0n) is 10.1. The second-order valence-corrected chi connectivity index (χ2v) is 7.53. The molecule has 0 saturated carbocycles. The molecule has 1 heterocycles. The molecule has 6 heteroatoms. The summed E-state index contributed by atoms with van der Waals surface area (Å²) in [6, 6.07) is 4.63. The van der Waals surface area contributed by atoms with Crippen molar-refractivity contribution in [3.63, 3.8) is 0 Å². The van der Waals surface area contributed by atoms with E-state index in [9.17, 15) is 8.42 Å². The molecule has 0 amide bonds. The van der Waals surface area contributed by atoms with Crippen molar-refractivity contribution in [1.29, 1.82) is 5.26 Å². The lowest BCUT2D eigenvalue weighted by Gasteiger charge is -2.12. The molecule has 0 aliphatic carbocycles. The summed E-state index contributed by atoms with van der Waals surface area (Å²) in [6.07, 6.45) is 0.514. The van der Waals surface area contributed by atoms with Gasteiger partial charge in [-0.15, -0.1) is 11.3 Å². The highest BCUT2D eigenvalue weighted by Crippen LogP contribution is 2.21. The highest BCUT2D eigenvalue weighted by molar-refractivity contribution is 7.91. The van der Waals surface area contributed by atoms with Crippen molar-refractivity contribution in [2.24, 2.45) is 5.92 Å². The molecule has 1 aromatic heterocycles. The van der Waals surface area contributed by atoms with Crippen molar-refractivity contribution >= 4 is 21.4 Å². The van der Waals surface area contributed by atoms with E-state index in [-0.39, 0.29) is 10.1 Å². The molecule has 0 spiro atoms. The van der Waals surface area contributed by atoms with Crippen LogP contribution in [0, 0.1) is 24.2 Å². The Morgan fingerprint density at radius 1 is 1.47 bits per heavy atom. The van der Waals surface area contributed by atoms with E-state index >= 15 is 0 Å². The molecule has 1 atom stereocenters. The molecule has 17 heavy (non-hydrogen) atoms. The van der Waals surface area contributed by atoms with Gasteiger partial charge >= 0.3 is 0 Å². The maximum atomic E-state index is 11.9. The molecule has 1 aromatic rings. The van der Waals surface area contributed by atoms with Crippen molar-refractivity contribution in [3.8, 4) is 6.07 Å². The van der Waals surface area contributed by atoms with Crippen LogP contribution in [0.4, 0.5) is 0 Å². The number of hydrogen-bond acceptors (Lipinski definition) is 4. The molecule has 0 fully saturated rings. The van der Waals surface area contributed by atoms with Gasteiger partial charge in [-0.05, 0) is 31.4 Å². The summed E-state index contributed by atoms with van der Waals surface area (Å²) in [5, 5.41) is 8.92. The number of nitrogens with one attached hydrogen (secondary N) is 1. The van der Waals surface area contributed by atoms with Crippen LogP contribution in [0.2, 0.25) is 0 Å². The number of nitriles is 1. The van der Waals surface area contributed by atoms with E-state index in [0.717, 1.165) is 4.88 Å². The maximum absolute atomic E-state index is 11.9. The lowest BCUT2D eigenvalue weighted by molar-refractivity contribution is 0.513. The molecule has 94 valence electrons. The van der Waals surface area contributed by atoms with Gasteiger partial charge in [0, 0.05) is 4.88 Å². The van der Waals surface area contributed by atoms with Crippen LogP contribution in [-0.2, 0) is 10.0 Å². The molecule has 1 rings (SSSR count). The average molecular weight is 272 g/mol. The van der Waals surface area contributed by atoms with Gasteiger partial charge in [0.1, 0.15) is 10.3 Å². The molecular formula is C11H16N2O2S2. The summed E-state index contributed by atoms with van der Waals surface area (Å²) < 4.78 is 26.6. The third-order valence-corrected chi connectivity index (χ3v) is 5.11. The summed E-state index contributed by atoms with van der Waals surface area (Å²) >= 11 is 1.21. The summed E-state index contributed by atoms with van der Waals surface area (Å²) in [7, 11) is -3.55. The van der Waals surface area contributed by atoms with E-state index in [1.165, 1.54) is 11.3 Å². The van der Waals surface area contributed by atoms with Crippen LogP contribution in [0.5, 0.6) is 0 Å². The van der Waals surface area contributed by atoms with Gasteiger partial charge in [-0.1, -0.05) is 13.8 Å². The van der Waals surface area contributed by atoms with E-state index in [0.29, 0.717) is 6.42 Å². The Kier molecular flexibility index (Phi) is 4.69. The highest BCUT2D eigenvalue weighted by atomic mass is 32.2. The molecule has 1 unspecified atom stereocenters. The monoisotopic (exact) mass is 272 g/mol. The van der Waals surface area contributed by atoms with E-state index in [2.05, 4.69) is 4.72 Å². The zero-order chi connectivity index (χ0) is 13.1. The van der Waals surface area contributed by atoms with Crippen LogP contribution in [0.25, 0.3) is 0 Å². The van der Waals surface area contributed by atoms with Crippen LogP contribution < -0.4 is 4.72 Å². The number of thiophene rings is 1. The third-order valence-electron chi connectivity index (χ3n) is 2.14. The quantitative estimate of drug-likeness (QED) is 0.894. The second kappa shape index (κ2) is 5.63. The largest absolute Gasteiger partial charge is 0.251 e. The predicted octanol–water partition coefficient (Wildman–Crippen LogP) is 2.27. The minimum absolute atomic E-state index is 0.263. The van der Waals surface area contributed by atoms with Gasteiger partial charge in [-0.2, -0.15) is 9.98 Å². The first-order chi connectivity index (χ1) is 7.85. The van der Waals surface area contributed by atoms with Crippen LogP contribution in [-0.4, -0.2) is 14.5 Å². The Bertz CT molecular complexity index is 512. The Morgan fingerprint density at radius 3 is 2.53 bits per heavy atom. The molecule has 0 aliphatic rings. The zero-order valence-corrected chi connectivity index (χ0v) is 11.7. The fourth-order valence-corrected chi connectivity index (χ4v) is 3.85. The van der Waals surface area contributed by atoms with E-state index in [4.69, 9.17) is 5.26 Å². The molecule has 0 aliphatic heterocycles. The first-order valence-corrected chi connectivity index (χ1v) is 7.63. The second-order valence-electron chi connectivity index (χ2n) is 4.30. The molecule has 1 N–H and O–H groups in total. The van der Waals surface area contributed by atoms with E-state index < -0.39 is 16.1 Å². The van der Waals surface area contributed by atoms with Crippen molar-refractivity contribution in [3.05, 3.63) is 17.0 Å². The molecule has 0 radical (unpaired) electrons. The first kappa shape index (κ1) is 14.2. The number of rotatable bonds is 5. The van der Waals surface area contributed by atoms with Gasteiger partial charge < -0.3 is 0 Å². The fourth-order valence-electron chi connectivity index (χ4n) is 1.40. The maximum Gasteiger partial charge on any atom is 0.251 e. The number of nitrogens with zero attached hydrogens (tertiary/aromatic N) is 1. The minimum atomic E-state index is -3.55. The molecule has 0 aromatic carbocycles. The average Bonchev–Trinajstić information content (AvgIpc) is 2.63.